The first kappa shape index (κ1) is 71.5. The van der Waals surface area contributed by atoms with Crippen LogP contribution in [0.15, 0.2) is 48.6 Å². The van der Waals surface area contributed by atoms with Gasteiger partial charge in [-0.3, -0.25) is 9.36 Å². The molecule has 430 valence electrons. The Labute approximate surface area is 454 Å². The van der Waals surface area contributed by atoms with Gasteiger partial charge in [-0.15, -0.1) is 0 Å². The molecule has 0 aromatic heterocycles. The van der Waals surface area contributed by atoms with E-state index in [9.17, 15) is 19.4 Å². The number of aliphatic hydroxyl groups is 1. The second-order valence-corrected chi connectivity index (χ2v) is 24.2. The first-order valence-electron chi connectivity index (χ1n) is 31.5. The average molecular weight is 1050 g/mol. The Morgan fingerprint density at radius 1 is 0.479 bits per heavy atom. The minimum absolute atomic E-state index is 0.00542. The molecular formula is C64H123N2O6P. The molecule has 0 spiro atoms. The van der Waals surface area contributed by atoms with Crippen molar-refractivity contribution >= 4 is 13.7 Å². The summed E-state index contributed by atoms with van der Waals surface area (Å²) in [5, 5.41) is 13.8. The van der Waals surface area contributed by atoms with Gasteiger partial charge >= 0.3 is 0 Å². The normalized spacial score (nSPS) is 14.1. The van der Waals surface area contributed by atoms with E-state index in [1.807, 2.05) is 27.2 Å². The number of carbonyl (C=O) groups excluding carboxylic acids is 1. The van der Waals surface area contributed by atoms with Crippen molar-refractivity contribution in [3.8, 4) is 0 Å². The van der Waals surface area contributed by atoms with E-state index >= 15 is 0 Å². The molecule has 3 unspecified atom stereocenters. The molecule has 0 saturated carbocycles. The number of phosphoric acid groups is 1. The van der Waals surface area contributed by atoms with Gasteiger partial charge in [0, 0.05) is 6.42 Å². The first-order valence-corrected chi connectivity index (χ1v) is 33.0. The van der Waals surface area contributed by atoms with Gasteiger partial charge in [-0.05, 0) is 64.2 Å². The zero-order valence-corrected chi connectivity index (χ0v) is 50.0. The van der Waals surface area contributed by atoms with Crippen LogP contribution in [-0.4, -0.2) is 68.5 Å². The molecule has 73 heavy (non-hydrogen) atoms. The molecule has 8 nitrogen and oxygen atoms in total. The topological polar surface area (TPSA) is 108 Å². The first-order chi connectivity index (χ1) is 35.5. The Morgan fingerprint density at radius 3 is 1.21 bits per heavy atom. The van der Waals surface area contributed by atoms with E-state index in [1.54, 1.807) is 6.08 Å². The summed E-state index contributed by atoms with van der Waals surface area (Å²) < 4.78 is 23.2. The Kier molecular flexibility index (Phi) is 54.1. The zero-order valence-electron chi connectivity index (χ0n) is 49.1. The molecule has 0 saturated heterocycles. The molecule has 0 radical (unpaired) electrons. The second-order valence-electron chi connectivity index (χ2n) is 22.8. The molecule has 0 heterocycles. The van der Waals surface area contributed by atoms with Crippen molar-refractivity contribution in [2.24, 2.45) is 0 Å². The number of carbonyl (C=O) groups is 1. The maximum atomic E-state index is 12.9. The Morgan fingerprint density at radius 2 is 0.808 bits per heavy atom. The summed E-state index contributed by atoms with van der Waals surface area (Å²) in [4.78, 5) is 25.4. The number of hydrogen-bond donors (Lipinski definition) is 2. The summed E-state index contributed by atoms with van der Waals surface area (Å²) in [7, 11) is 1.25. The number of aliphatic hydroxyl groups excluding tert-OH is 1. The summed E-state index contributed by atoms with van der Waals surface area (Å²) in [6.45, 7) is 4.60. The van der Waals surface area contributed by atoms with Crippen molar-refractivity contribution in [3.63, 3.8) is 0 Å². The highest BCUT2D eigenvalue weighted by Gasteiger charge is 2.23. The van der Waals surface area contributed by atoms with Gasteiger partial charge in [0.1, 0.15) is 13.2 Å². The van der Waals surface area contributed by atoms with E-state index in [-0.39, 0.29) is 12.5 Å². The number of nitrogens with one attached hydrogen (secondary N) is 1. The predicted octanol–water partition coefficient (Wildman–Crippen LogP) is 18.9. The van der Waals surface area contributed by atoms with Gasteiger partial charge in [0.15, 0.2) is 0 Å². The van der Waals surface area contributed by atoms with E-state index in [2.05, 4.69) is 55.6 Å². The quantitative estimate of drug-likeness (QED) is 0.0272. The summed E-state index contributed by atoms with van der Waals surface area (Å²) >= 11 is 0. The van der Waals surface area contributed by atoms with E-state index in [0.29, 0.717) is 17.4 Å². The molecule has 2 N–H and O–H groups in total. The number of unbranched alkanes of at least 4 members (excludes halogenated alkanes) is 39. The summed E-state index contributed by atoms with van der Waals surface area (Å²) in [5.41, 5.74) is 0. The molecule has 0 aromatic carbocycles. The fraction of sp³-hybridized carbons (Fsp3) is 0.859. The third-order valence-corrected chi connectivity index (χ3v) is 15.2. The number of quaternary nitrogens is 1. The van der Waals surface area contributed by atoms with E-state index < -0.39 is 26.6 Å². The standard InChI is InChI=1S/C64H123N2O6P/c1-6-8-10-12-14-16-18-19-20-21-22-23-24-25-26-27-28-29-30-31-32-33-34-35-36-37-38-39-40-41-42-43-44-45-46-47-48-50-52-54-56-58-64(68)65-62(61-72-73(69,70)71-60-59-66(3,4)5)63(67)57-55-53-51-49-17-15-13-11-9-7-2/h17-19,21-22,49,55,57,62-63,67H,6-16,20,23-48,50-54,56,58-61H2,1-5H3,(H-,65,68,69,70)/b19-18-,22-21-,49-17+,57-55+. The maximum absolute atomic E-state index is 12.9. The predicted molar refractivity (Wildman–Crippen MR) is 316 cm³/mol. The van der Waals surface area contributed by atoms with Gasteiger partial charge in [0.05, 0.1) is 39.9 Å². The summed E-state index contributed by atoms with van der Waals surface area (Å²) in [6.07, 6.45) is 74.0. The van der Waals surface area contributed by atoms with Crippen molar-refractivity contribution in [1.29, 1.82) is 0 Å². The minimum Gasteiger partial charge on any atom is -0.756 e. The zero-order chi connectivity index (χ0) is 53.5. The third-order valence-electron chi connectivity index (χ3n) is 14.3. The molecule has 0 rings (SSSR count). The summed E-state index contributed by atoms with van der Waals surface area (Å²) in [5.74, 6) is -0.205. The fourth-order valence-corrected chi connectivity index (χ4v) is 10.0. The number of hydrogen-bond acceptors (Lipinski definition) is 6. The van der Waals surface area contributed by atoms with Gasteiger partial charge in [-0.25, -0.2) is 0 Å². The van der Waals surface area contributed by atoms with Gasteiger partial charge in [-0.1, -0.05) is 281 Å². The molecule has 1 amide bonds. The lowest BCUT2D eigenvalue weighted by Crippen LogP contribution is -2.45. The van der Waals surface area contributed by atoms with Crippen LogP contribution in [-0.2, 0) is 18.4 Å². The highest BCUT2D eigenvalue weighted by atomic mass is 31.2. The molecule has 0 bridgehead atoms. The lowest BCUT2D eigenvalue weighted by atomic mass is 10.0. The summed E-state index contributed by atoms with van der Waals surface area (Å²) in [6, 6.07) is -0.900. The molecule has 0 aliphatic heterocycles. The Balaban J connectivity index is 3.78. The molecular weight excluding hydrogens is 924 g/mol. The molecule has 0 aliphatic carbocycles. The molecule has 0 aliphatic rings. The highest BCUT2D eigenvalue weighted by Crippen LogP contribution is 2.38. The van der Waals surface area contributed by atoms with Crippen molar-refractivity contribution in [3.05, 3.63) is 48.6 Å². The lowest BCUT2D eigenvalue weighted by Gasteiger charge is -2.29. The van der Waals surface area contributed by atoms with Crippen LogP contribution in [0.1, 0.15) is 303 Å². The number of rotatable bonds is 58. The average Bonchev–Trinajstić information content (AvgIpc) is 3.35. The van der Waals surface area contributed by atoms with Crippen LogP contribution in [0.4, 0.5) is 0 Å². The van der Waals surface area contributed by atoms with Crippen LogP contribution in [0.25, 0.3) is 0 Å². The van der Waals surface area contributed by atoms with Crippen LogP contribution in [0, 0.1) is 0 Å². The maximum Gasteiger partial charge on any atom is 0.268 e. The second kappa shape index (κ2) is 55.2. The number of phosphoric ester groups is 1. The van der Waals surface area contributed by atoms with Crippen LogP contribution in [0.2, 0.25) is 0 Å². The van der Waals surface area contributed by atoms with Crippen molar-refractivity contribution in [1.82, 2.24) is 5.32 Å². The van der Waals surface area contributed by atoms with Crippen molar-refractivity contribution in [2.45, 2.75) is 315 Å². The van der Waals surface area contributed by atoms with Crippen molar-refractivity contribution in [2.75, 3.05) is 40.9 Å². The SMILES string of the molecule is CCCCCC/C=C/CC/C=C/C(O)C(COP(=O)([O-])OCC[N+](C)(C)C)NC(=O)CCCCCCCCCCCCCCCCCCCCCCCCCCCCCCC/C=C\C/C=C\CCCCCCC. The minimum atomic E-state index is -4.60. The molecule has 3 atom stereocenters. The lowest BCUT2D eigenvalue weighted by molar-refractivity contribution is -0.870. The fourth-order valence-electron chi connectivity index (χ4n) is 9.32. The van der Waals surface area contributed by atoms with E-state index in [0.717, 1.165) is 44.9 Å². The largest absolute Gasteiger partial charge is 0.756 e. The number of amides is 1. The smallest absolute Gasteiger partial charge is 0.268 e. The highest BCUT2D eigenvalue weighted by molar-refractivity contribution is 7.45. The molecule has 0 aromatic rings. The number of nitrogens with zero attached hydrogens (tertiary/aromatic N) is 1. The van der Waals surface area contributed by atoms with Gasteiger partial charge in [0.2, 0.25) is 5.91 Å². The van der Waals surface area contributed by atoms with E-state index in [1.165, 1.54) is 238 Å². The van der Waals surface area contributed by atoms with Crippen LogP contribution in [0.3, 0.4) is 0 Å². The van der Waals surface area contributed by atoms with Crippen LogP contribution < -0.4 is 10.2 Å². The van der Waals surface area contributed by atoms with Gasteiger partial charge in [0.25, 0.3) is 7.82 Å². The monoisotopic (exact) mass is 1050 g/mol. The molecule has 9 heteroatoms. The van der Waals surface area contributed by atoms with Crippen molar-refractivity contribution < 1.29 is 32.9 Å². The number of allylic oxidation sites excluding steroid dienone is 7. The molecule has 0 fully saturated rings. The van der Waals surface area contributed by atoms with Gasteiger partial charge < -0.3 is 28.8 Å². The Bertz CT molecular complexity index is 1330. The number of likely N-dealkylation sites (N-methyl/N-ethyl adjacent to an activating group) is 1. The van der Waals surface area contributed by atoms with Gasteiger partial charge in [-0.2, -0.15) is 0 Å². The van der Waals surface area contributed by atoms with E-state index in [4.69, 9.17) is 9.05 Å². The third kappa shape index (κ3) is 58.0. The van der Waals surface area contributed by atoms with Crippen LogP contribution >= 0.6 is 7.82 Å². The van der Waals surface area contributed by atoms with Crippen LogP contribution in [0.5, 0.6) is 0 Å². The Hall–Kier alpha value is -1.54.